The highest BCUT2D eigenvalue weighted by molar-refractivity contribution is 6.10. The Hall–Kier alpha value is -3.31. The fourth-order valence-electron chi connectivity index (χ4n) is 4.37. The average molecular weight is 401 g/mol. The maximum atomic E-state index is 13.0. The number of hydrogen-bond donors (Lipinski definition) is 1. The van der Waals surface area contributed by atoms with E-state index in [0.29, 0.717) is 23.6 Å². The standard InChI is InChI=1S/C25H23NO4/c1-29-23-11-9-19(26-14-18-7-6-16(15-27)12-21(18)25(26)28)13-24(23)30-22-10-8-17-4-2-3-5-20(17)22/h2-7,9,11-13,22,27H,8,10,14-15H2,1H3. The normalized spacial score (nSPS) is 17.1. The van der Waals surface area contributed by atoms with E-state index < -0.39 is 0 Å². The zero-order valence-electron chi connectivity index (χ0n) is 16.8. The van der Waals surface area contributed by atoms with Gasteiger partial charge in [0.15, 0.2) is 11.5 Å². The van der Waals surface area contributed by atoms with E-state index in [9.17, 15) is 9.90 Å². The Morgan fingerprint density at radius 3 is 2.73 bits per heavy atom. The Kier molecular flexibility index (Phi) is 4.68. The van der Waals surface area contributed by atoms with Crippen molar-refractivity contribution >= 4 is 11.6 Å². The number of fused-ring (bicyclic) bond motifs is 2. The van der Waals surface area contributed by atoms with Crippen molar-refractivity contribution in [2.45, 2.75) is 32.1 Å². The fourth-order valence-corrected chi connectivity index (χ4v) is 4.37. The zero-order chi connectivity index (χ0) is 20.7. The summed E-state index contributed by atoms with van der Waals surface area (Å²) in [4.78, 5) is 14.7. The first-order valence-corrected chi connectivity index (χ1v) is 10.1. The lowest BCUT2D eigenvalue weighted by atomic mass is 10.1. The van der Waals surface area contributed by atoms with Crippen LogP contribution in [0.4, 0.5) is 5.69 Å². The smallest absolute Gasteiger partial charge is 0.258 e. The van der Waals surface area contributed by atoms with Crippen molar-refractivity contribution < 1.29 is 19.4 Å². The van der Waals surface area contributed by atoms with Gasteiger partial charge in [0.2, 0.25) is 0 Å². The summed E-state index contributed by atoms with van der Waals surface area (Å²) in [7, 11) is 1.62. The molecule has 0 fully saturated rings. The van der Waals surface area contributed by atoms with Crippen molar-refractivity contribution in [3.05, 3.63) is 88.5 Å². The summed E-state index contributed by atoms with van der Waals surface area (Å²) in [5, 5.41) is 9.38. The van der Waals surface area contributed by atoms with Gasteiger partial charge >= 0.3 is 0 Å². The molecule has 5 nitrogen and oxygen atoms in total. The quantitative estimate of drug-likeness (QED) is 0.688. The van der Waals surface area contributed by atoms with E-state index in [2.05, 4.69) is 18.2 Å². The molecule has 3 aromatic rings. The molecule has 0 saturated carbocycles. The number of amides is 1. The number of nitrogens with zero attached hydrogens (tertiary/aromatic N) is 1. The minimum Gasteiger partial charge on any atom is -0.493 e. The molecule has 2 aliphatic rings. The third-order valence-electron chi connectivity index (χ3n) is 5.97. The van der Waals surface area contributed by atoms with Gasteiger partial charge in [-0.1, -0.05) is 36.4 Å². The number of rotatable bonds is 5. The zero-order valence-corrected chi connectivity index (χ0v) is 16.8. The molecule has 30 heavy (non-hydrogen) atoms. The summed E-state index contributed by atoms with van der Waals surface area (Å²) in [6, 6.07) is 19.5. The number of hydrogen-bond acceptors (Lipinski definition) is 4. The summed E-state index contributed by atoms with van der Waals surface area (Å²) in [5.74, 6) is 1.22. The molecular weight excluding hydrogens is 378 g/mol. The van der Waals surface area contributed by atoms with E-state index in [1.165, 1.54) is 11.1 Å². The molecule has 1 aliphatic carbocycles. The number of carbonyl (C=O) groups excluding carboxylic acids is 1. The predicted molar refractivity (Wildman–Crippen MR) is 114 cm³/mol. The van der Waals surface area contributed by atoms with Crippen LogP contribution < -0.4 is 14.4 Å². The SMILES string of the molecule is COc1ccc(N2Cc3ccc(CO)cc3C2=O)cc1OC1CCc2ccccc21. The molecule has 1 unspecified atom stereocenters. The second-order valence-corrected chi connectivity index (χ2v) is 7.72. The molecule has 1 heterocycles. The molecule has 1 amide bonds. The van der Waals surface area contributed by atoms with Gasteiger partial charge < -0.3 is 19.5 Å². The highest BCUT2D eigenvalue weighted by Gasteiger charge is 2.30. The van der Waals surface area contributed by atoms with Gasteiger partial charge in [0.25, 0.3) is 5.91 Å². The van der Waals surface area contributed by atoms with Crippen LogP contribution in [0.5, 0.6) is 11.5 Å². The van der Waals surface area contributed by atoms with Crippen LogP contribution in [-0.4, -0.2) is 18.1 Å². The number of aliphatic hydroxyl groups excluding tert-OH is 1. The summed E-state index contributed by atoms with van der Waals surface area (Å²) in [5.41, 5.74) is 5.64. The highest BCUT2D eigenvalue weighted by atomic mass is 16.5. The predicted octanol–water partition coefficient (Wildman–Crippen LogP) is 4.41. The van der Waals surface area contributed by atoms with Crippen LogP contribution >= 0.6 is 0 Å². The van der Waals surface area contributed by atoms with Gasteiger partial charge in [0, 0.05) is 17.3 Å². The van der Waals surface area contributed by atoms with Gasteiger partial charge in [-0.25, -0.2) is 0 Å². The fraction of sp³-hybridized carbons (Fsp3) is 0.240. The summed E-state index contributed by atoms with van der Waals surface area (Å²) in [6.07, 6.45) is 1.89. The summed E-state index contributed by atoms with van der Waals surface area (Å²) < 4.78 is 11.9. The second-order valence-electron chi connectivity index (χ2n) is 7.72. The van der Waals surface area contributed by atoms with E-state index in [4.69, 9.17) is 9.47 Å². The van der Waals surface area contributed by atoms with E-state index in [1.54, 1.807) is 18.1 Å². The molecule has 5 rings (SSSR count). The Bertz CT molecular complexity index is 1120. The number of anilines is 1. The summed E-state index contributed by atoms with van der Waals surface area (Å²) >= 11 is 0. The van der Waals surface area contributed by atoms with Crippen molar-refractivity contribution in [1.29, 1.82) is 0 Å². The maximum Gasteiger partial charge on any atom is 0.258 e. The first-order valence-electron chi connectivity index (χ1n) is 10.1. The average Bonchev–Trinajstić information content (AvgIpc) is 3.34. The number of ether oxygens (including phenoxy) is 2. The molecule has 152 valence electrons. The number of aliphatic hydroxyl groups is 1. The van der Waals surface area contributed by atoms with Crippen LogP contribution in [0, 0.1) is 0 Å². The maximum absolute atomic E-state index is 13.0. The lowest BCUT2D eigenvalue weighted by molar-refractivity contribution is 0.0996. The highest BCUT2D eigenvalue weighted by Crippen LogP contribution is 2.41. The first kappa shape index (κ1) is 18.7. The van der Waals surface area contributed by atoms with E-state index in [1.807, 2.05) is 36.4 Å². The second kappa shape index (κ2) is 7.50. The van der Waals surface area contributed by atoms with Crippen molar-refractivity contribution in [2.75, 3.05) is 12.0 Å². The molecule has 0 saturated heterocycles. The Morgan fingerprint density at radius 1 is 1.03 bits per heavy atom. The Labute approximate surface area is 175 Å². The number of aryl methyl sites for hydroxylation is 1. The van der Waals surface area contributed by atoms with Gasteiger partial charge in [-0.3, -0.25) is 4.79 Å². The lowest BCUT2D eigenvalue weighted by Gasteiger charge is -2.21. The number of carbonyl (C=O) groups is 1. The van der Waals surface area contributed by atoms with Gasteiger partial charge in [0.05, 0.1) is 20.3 Å². The molecule has 0 radical (unpaired) electrons. The third kappa shape index (κ3) is 3.12. The topological polar surface area (TPSA) is 59.0 Å². The van der Waals surface area contributed by atoms with E-state index in [0.717, 1.165) is 29.7 Å². The van der Waals surface area contributed by atoms with Crippen LogP contribution in [-0.2, 0) is 19.6 Å². The van der Waals surface area contributed by atoms with Crippen molar-refractivity contribution in [3.8, 4) is 11.5 Å². The van der Waals surface area contributed by atoms with Crippen LogP contribution in [0.25, 0.3) is 0 Å². The Balaban J connectivity index is 1.45. The van der Waals surface area contributed by atoms with Crippen LogP contribution in [0.2, 0.25) is 0 Å². The Morgan fingerprint density at radius 2 is 1.90 bits per heavy atom. The van der Waals surface area contributed by atoms with Crippen molar-refractivity contribution in [3.63, 3.8) is 0 Å². The molecule has 5 heteroatoms. The minimum atomic E-state index is -0.0794. The lowest BCUT2D eigenvalue weighted by Crippen LogP contribution is -2.23. The molecule has 0 spiro atoms. The van der Waals surface area contributed by atoms with Crippen molar-refractivity contribution in [2.24, 2.45) is 0 Å². The van der Waals surface area contributed by atoms with Crippen LogP contribution in [0.15, 0.2) is 60.7 Å². The molecular formula is C25H23NO4. The van der Waals surface area contributed by atoms with E-state index >= 15 is 0 Å². The number of methoxy groups -OCH3 is 1. The van der Waals surface area contributed by atoms with Crippen LogP contribution in [0.1, 0.15) is 45.1 Å². The number of benzene rings is 3. The van der Waals surface area contributed by atoms with Gasteiger partial charge in [-0.15, -0.1) is 0 Å². The molecule has 0 aromatic heterocycles. The van der Waals surface area contributed by atoms with Gasteiger partial charge in [0.1, 0.15) is 6.10 Å². The van der Waals surface area contributed by atoms with Gasteiger partial charge in [-0.05, 0) is 53.3 Å². The van der Waals surface area contributed by atoms with Gasteiger partial charge in [-0.2, -0.15) is 0 Å². The van der Waals surface area contributed by atoms with E-state index in [-0.39, 0.29) is 18.6 Å². The monoisotopic (exact) mass is 401 g/mol. The molecule has 3 aromatic carbocycles. The largest absolute Gasteiger partial charge is 0.493 e. The molecule has 1 N–H and O–H groups in total. The molecule has 0 bridgehead atoms. The molecule has 1 atom stereocenters. The molecule has 1 aliphatic heterocycles. The summed E-state index contributed by atoms with van der Waals surface area (Å²) in [6.45, 7) is 0.419. The van der Waals surface area contributed by atoms with Crippen molar-refractivity contribution in [1.82, 2.24) is 0 Å². The third-order valence-corrected chi connectivity index (χ3v) is 5.97. The first-order chi connectivity index (χ1) is 14.7. The minimum absolute atomic E-state index is 0.0241. The van der Waals surface area contributed by atoms with Crippen LogP contribution in [0.3, 0.4) is 0 Å².